The van der Waals surface area contributed by atoms with Gasteiger partial charge in [0.05, 0.1) is 5.60 Å². The molecule has 1 aromatic carbocycles. The predicted molar refractivity (Wildman–Crippen MR) is 85.7 cm³/mol. The lowest BCUT2D eigenvalue weighted by Gasteiger charge is -2.31. The number of rotatable bonds is 7. The van der Waals surface area contributed by atoms with E-state index in [0.717, 1.165) is 24.1 Å². The van der Waals surface area contributed by atoms with Gasteiger partial charge in [-0.25, -0.2) is 0 Å². The van der Waals surface area contributed by atoms with Gasteiger partial charge in [0.15, 0.2) is 0 Å². The Morgan fingerprint density at radius 2 is 2.00 bits per heavy atom. The third-order valence-corrected chi connectivity index (χ3v) is 3.41. The van der Waals surface area contributed by atoms with Gasteiger partial charge in [-0.1, -0.05) is 28.9 Å². The number of hydrogen-bond donors (Lipinski definition) is 2. The zero-order chi connectivity index (χ0) is 14.5. The molecule has 0 saturated carbocycles. The van der Waals surface area contributed by atoms with Crippen molar-refractivity contribution in [1.82, 2.24) is 5.32 Å². The first kappa shape index (κ1) is 16.5. The van der Waals surface area contributed by atoms with Gasteiger partial charge in [-0.05, 0) is 45.0 Å². The van der Waals surface area contributed by atoms with E-state index in [-0.39, 0.29) is 0 Å². The lowest BCUT2D eigenvalue weighted by Crippen LogP contribution is -2.39. The second kappa shape index (κ2) is 7.27. The fraction of sp³-hybridized carbons (Fsp3) is 0.600. The van der Waals surface area contributed by atoms with Gasteiger partial charge in [-0.3, -0.25) is 0 Å². The van der Waals surface area contributed by atoms with E-state index in [1.165, 1.54) is 11.3 Å². The molecule has 0 aliphatic rings. The summed E-state index contributed by atoms with van der Waals surface area (Å²) in [6, 6.07) is 6.32. The highest BCUT2D eigenvalue weighted by Gasteiger charge is 2.19. The monoisotopic (exact) mass is 328 g/mol. The first-order valence-corrected chi connectivity index (χ1v) is 7.63. The molecule has 0 fully saturated rings. The van der Waals surface area contributed by atoms with Crippen molar-refractivity contribution < 1.29 is 5.11 Å². The quantitative estimate of drug-likeness (QED) is 0.807. The van der Waals surface area contributed by atoms with Crippen molar-refractivity contribution in [3.8, 4) is 0 Å². The second-order valence-electron chi connectivity index (χ2n) is 5.38. The lowest BCUT2D eigenvalue weighted by molar-refractivity contribution is 0.0875. The van der Waals surface area contributed by atoms with Crippen molar-refractivity contribution in [2.24, 2.45) is 0 Å². The number of benzene rings is 1. The van der Waals surface area contributed by atoms with E-state index < -0.39 is 5.60 Å². The van der Waals surface area contributed by atoms with Crippen LogP contribution in [0.1, 0.15) is 33.3 Å². The summed E-state index contributed by atoms with van der Waals surface area (Å²) in [5.74, 6) is 0. The number of nitrogens with one attached hydrogen (secondary N) is 1. The number of aliphatic hydroxyl groups is 1. The first-order chi connectivity index (χ1) is 8.87. The normalized spacial score (nSPS) is 11.7. The minimum Gasteiger partial charge on any atom is -0.389 e. The Hall–Kier alpha value is -0.580. The maximum atomic E-state index is 10.0. The summed E-state index contributed by atoms with van der Waals surface area (Å²) in [5.41, 5.74) is 1.74. The molecule has 1 rings (SSSR count). The number of anilines is 1. The van der Waals surface area contributed by atoms with Crippen molar-refractivity contribution in [2.75, 3.05) is 24.5 Å². The van der Waals surface area contributed by atoms with Crippen LogP contribution in [0.25, 0.3) is 0 Å². The number of likely N-dealkylation sites (N-methyl/N-ethyl adjacent to an activating group) is 1. The molecule has 0 bridgehead atoms. The summed E-state index contributed by atoms with van der Waals surface area (Å²) >= 11 is 3.53. The van der Waals surface area contributed by atoms with Crippen LogP contribution in [0.15, 0.2) is 22.7 Å². The largest absolute Gasteiger partial charge is 0.389 e. The zero-order valence-electron chi connectivity index (χ0n) is 12.3. The highest BCUT2D eigenvalue weighted by atomic mass is 79.9. The first-order valence-electron chi connectivity index (χ1n) is 6.84. The third kappa shape index (κ3) is 5.51. The SMILES string of the molecule is CCNCc1ccc(Br)cc1N(CC)CC(C)(C)O. The Labute approximate surface area is 125 Å². The van der Waals surface area contributed by atoms with Crippen LogP contribution in [-0.2, 0) is 6.54 Å². The van der Waals surface area contributed by atoms with Crippen molar-refractivity contribution in [2.45, 2.75) is 39.8 Å². The number of hydrogen-bond acceptors (Lipinski definition) is 3. The summed E-state index contributed by atoms with van der Waals surface area (Å²) in [6.45, 7) is 11.2. The van der Waals surface area contributed by atoms with Gasteiger partial charge >= 0.3 is 0 Å². The average Bonchev–Trinajstić information content (AvgIpc) is 2.33. The Morgan fingerprint density at radius 1 is 1.32 bits per heavy atom. The van der Waals surface area contributed by atoms with Gasteiger partial charge in [0.2, 0.25) is 0 Å². The molecule has 0 saturated heterocycles. The van der Waals surface area contributed by atoms with E-state index in [2.05, 4.69) is 58.2 Å². The van der Waals surface area contributed by atoms with Crippen molar-refractivity contribution in [1.29, 1.82) is 0 Å². The highest BCUT2D eigenvalue weighted by molar-refractivity contribution is 9.10. The molecule has 0 atom stereocenters. The molecule has 0 unspecified atom stereocenters. The molecule has 0 spiro atoms. The fourth-order valence-electron chi connectivity index (χ4n) is 2.07. The highest BCUT2D eigenvalue weighted by Crippen LogP contribution is 2.26. The average molecular weight is 329 g/mol. The van der Waals surface area contributed by atoms with E-state index in [4.69, 9.17) is 0 Å². The molecule has 4 heteroatoms. The van der Waals surface area contributed by atoms with Crippen LogP contribution in [-0.4, -0.2) is 30.3 Å². The summed E-state index contributed by atoms with van der Waals surface area (Å²) in [6.07, 6.45) is 0. The molecular formula is C15H25BrN2O. The Bertz CT molecular complexity index is 402. The van der Waals surface area contributed by atoms with E-state index in [9.17, 15) is 5.11 Å². The molecule has 2 N–H and O–H groups in total. The Morgan fingerprint density at radius 3 is 2.53 bits per heavy atom. The molecule has 0 aliphatic carbocycles. The number of halogens is 1. The predicted octanol–water partition coefficient (Wildman–Crippen LogP) is 3.16. The van der Waals surface area contributed by atoms with Crippen molar-refractivity contribution in [3.05, 3.63) is 28.2 Å². The molecule has 0 radical (unpaired) electrons. The summed E-state index contributed by atoms with van der Waals surface area (Å²) in [4.78, 5) is 2.22. The Balaban J connectivity index is 3.02. The molecular weight excluding hydrogens is 304 g/mol. The summed E-state index contributed by atoms with van der Waals surface area (Å²) in [5, 5.41) is 13.4. The summed E-state index contributed by atoms with van der Waals surface area (Å²) < 4.78 is 1.07. The maximum Gasteiger partial charge on any atom is 0.0765 e. The molecule has 0 heterocycles. The Kier molecular flexibility index (Phi) is 6.30. The van der Waals surface area contributed by atoms with Crippen LogP contribution >= 0.6 is 15.9 Å². The van der Waals surface area contributed by atoms with Crippen LogP contribution < -0.4 is 10.2 Å². The van der Waals surface area contributed by atoms with Crippen LogP contribution in [0.5, 0.6) is 0 Å². The molecule has 19 heavy (non-hydrogen) atoms. The van der Waals surface area contributed by atoms with Gasteiger partial charge < -0.3 is 15.3 Å². The van der Waals surface area contributed by atoms with Gasteiger partial charge in [0, 0.05) is 29.8 Å². The molecule has 0 aliphatic heterocycles. The zero-order valence-corrected chi connectivity index (χ0v) is 13.9. The fourth-order valence-corrected chi connectivity index (χ4v) is 2.42. The smallest absolute Gasteiger partial charge is 0.0765 e. The van der Waals surface area contributed by atoms with Crippen molar-refractivity contribution in [3.63, 3.8) is 0 Å². The van der Waals surface area contributed by atoms with Crippen LogP contribution in [0.4, 0.5) is 5.69 Å². The molecule has 0 aromatic heterocycles. The minimum atomic E-state index is -0.701. The topological polar surface area (TPSA) is 35.5 Å². The van der Waals surface area contributed by atoms with Crippen molar-refractivity contribution >= 4 is 21.6 Å². The van der Waals surface area contributed by atoms with Crippen LogP contribution in [0.2, 0.25) is 0 Å². The van der Waals surface area contributed by atoms with Gasteiger partial charge in [-0.15, -0.1) is 0 Å². The van der Waals surface area contributed by atoms with Gasteiger partial charge in [0.1, 0.15) is 0 Å². The molecule has 3 nitrogen and oxygen atoms in total. The van der Waals surface area contributed by atoms with E-state index in [1.54, 1.807) is 0 Å². The molecule has 1 aromatic rings. The third-order valence-electron chi connectivity index (χ3n) is 2.91. The molecule has 108 valence electrons. The minimum absolute atomic E-state index is 0.624. The van der Waals surface area contributed by atoms with E-state index in [0.29, 0.717) is 6.54 Å². The maximum absolute atomic E-state index is 10.0. The van der Waals surface area contributed by atoms with E-state index in [1.807, 2.05) is 13.8 Å². The van der Waals surface area contributed by atoms with Gasteiger partial charge in [0.25, 0.3) is 0 Å². The number of nitrogens with zero attached hydrogens (tertiary/aromatic N) is 1. The van der Waals surface area contributed by atoms with Gasteiger partial charge in [-0.2, -0.15) is 0 Å². The van der Waals surface area contributed by atoms with E-state index >= 15 is 0 Å². The van der Waals surface area contributed by atoms with Crippen LogP contribution in [0, 0.1) is 0 Å². The second-order valence-corrected chi connectivity index (χ2v) is 6.30. The van der Waals surface area contributed by atoms with Crippen LogP contribution in [0.3, 0.4) is 0 Å². The molecule has 0 amide bonds. The lowest BCUT2D eigenvalue weighted by atomic mass is 10.1. The summed E-state index contributed by atoms with van der Waals surface area (Å²) in [7, 11) is 0. The standard InChI is InChI=1S/C15H25BrN2O/c1-5-17-10-12-7-8-13(16)9-14(12)18(6-2)11-15(3,4)19/h7-9,17,19H,5-6,10-11H2,1-4H3.